The monoisotopic (exact) mass is 408 g/mol. The zero-order valence-corrected chi connectivity index (χ0v) is 16.2. The largest absolute Gasteiger partial charge is 0.573 e. The summed E-state index contributed by atoms with van der Waals surface area (Å²) in [5.74, 6) is 0.860. The topological polar surface area (TPSA) is 69.5 Å². The third kappa shape index (κ3) is 4.59. The number of aromatic amines is 1. The van der Waals surface area contributed by atoms with Crippen molar-refractivity contribution in [1.82, 2.24) is 4.98 Å². The van der Waals surface area contributed by atoms with E-state index < -0.39 is 6.36 Å². The predicted octanol–water partition coefficient (Wildman–Crippen LogP) is 5.03. The molecule has 0 amide bonds. The van der Waals surface area contributed by atoms with Crippen molar-refractivity contribution in [3.8, 4) is 28.5 Å². The van der Waals surface area contributed by atoms with Gasteiger partial charge in [0.05, 0.1) is 19.9 Å². The third-order valence-corrected chi connectivity index (χ3v) is 4.66. The van der Waals surface area contributed by atoms with Crippen molar-refractivity contribution in [3.05, 3.63) is 42.0 Å². The molecule has 0 spiro atoms. The van der Waals surface area contributed by atoms with Gasteiger partial charge in [-0.3, -0.25) is 0 Å². The Kier molecular flexibility index (Phi) is 6.22. The Morgan fingerprint density at radius 1 is 1.03 bits per heavy atom. The number of H-pyrrole nitrogens is 1. The van der Waals surface area contributed by atoms with Gasteiger partial charge in [0.25, 0.3) is 0 Å². The molecular formula is C21H23F3N2O3. The first kappa shape index (κ1) is 20.9. The minimum absolute atomic E-state index is 0.256. The molecular weight excluding hydrogens is 385 g/mol. The van der Waals surface area contributed by atoms with E-state index in [9.17, 15) is 13.2 Å². The molecule has 0 radical (unpaired) electrons. The van der Waals surface area contributed by atoms with Crippen LogP contribution in [0.4, 0.5) is 13.2 Å². The van der Waals surface area contributed by atoms with Gasteiger partial charge in [-0.05, 0) is 61.7 Å². The van der Waals surface area contributed by atoms with Crippen LogP contribution in [0, 0.1) is 0 Å². The lowest BCUT2D eigenvalue weighted by Crippen LogP contribution is -2.16. The molecule has 29 heavy (non-hydrogen) atoms. The van der Waals surface area contributed by atoms with E-state index in [0.717, 1.165) is 29.7 Å². The molecule has 0 aliphatic rings. The number of fused-ring (bicyclic) bond motifs is 1. The molecule has 0 unspecified atom stereocenters. The number of methoxy groups -OCH3 is 2. The molecule has 0 bridgehead atoms. The SMILES string of the molecule is COc1cccc(-c2[nH]c3ccc(OC(F)(F)F)cc3c2CCCCN)c1OC. The first-order chi connectivity index (χ1) is 13.9. The lowest BCUT2D eigenvalue weighted by atomic mass is 9.99. The number of nitrogens with one attached hydrogen (secondary N) is 1. The second-order valence-corrected chi connectivity index (χ2v) is 6.52. The molecule has 1 heterocycles. The van der Waals surface area contributed by atoms with Crippen molar-refractivity contribution >= 4 is 10.9 Å². The molecule has 0 fully saturated rings. The minimum Gasteiger partial charge on any atom is -0.493 e. The van der Waals surface area contributed by atoms with Crippen LogP contribution in [0.15, 0.2) is 36.4 Å². The van der Waals surface area contributed by atoms with Crippen LogP contribution in [0.5, 0.6) is 17.2 Å². The summed E-state index contributed by atoms with van der Waals surface area (Å²) in [6.45, 7) is 0.544. The number of nitrogens with two attached hydrogens (primary N) is 1. The van der Waals surface area contributed by atoms with Crippen molar-refractivity contribution in [2.75, 3.05) is 20.8 Å². The van der Waals surface area contributed by atoms with E-state index in [1.54, 1.807) is 26.4 Å². The first-order valence-electron chi connectivity index (χ1n) is 9.19. The van der Waals surface area contributed by atoms with Crippen LogP contribution in [0.3, 0.4) is 0 Å². The number of benzene rings is 2. The Morgan fingerprint density at radius 3 is 2.48 bits per heavy atom. The van der Waals surface area contributed by atoms with Crippen LogP contribution in [-0.4, -0.2) is 32.1 Å². The quantitative estimate of drug-likeness (QED) is 0.513. The first-order valence-corrected chi connectivity index (χ1v) is 9.19. The summed E-state index contributed by atoms with van der Waals surface area (Å²) >= 11 is 0. The number of aryl methyl sites for hydroxylation is 1. The fourth-order valence-corrected chi connectivity index (χ4v) is 3.44. The highest BCUT2D eigenvalue weighted by atomic mass is 19.4. The van der Waals surface area contributed by atoms with Gasteiger partial charge >= 0.3 is 6.36 Å². The van der Waals surface area contributed by atoms with Gasteiger partial charge in [0, 0.05) is 16.5 Å². The molecule has 2 aromatic carbocycles. The Balaban J connectivity index is 2.17. The Labute approximate surface area is 166 Å². The predicted molar refractivity (Wildman–Crippen MR) is 106 cm³/mol. The van der Waals surface area contributed by atoms with Gasteiger partial charge < -0.3 is 24.9 Å². The summed E-state index contributed by atoms with van der Waals surface area (Å²) in [6, 6.07) is 9.79. The summed E-state index contributed by atoms with van der Waals surface area (Å²) in [6.07, 6.45) is -2.50. The highest BCUT2D eigenvalue weighted by Crippen LogP contribution is 2.42. The Morgan fingerprint density at radius 2 is 1.83 bits per heavy atom. The minimum atomic E-state index is -4.75. The van der Waals surface area contributed by atoms with Crippen LogP contribution < -0.4 is 19.9 Å². The van der Waals surface area contributed by atoms with Crippen LogP contribution in [-0.2, 0) is 6.42 Å². The maximum Gasteiger partial charge on any atom is 0.573 e. The van der Waals surface area contributed by atoms with E-state index in [4.69, 9.17) is 15.2 Å². The summed E-state index contributed by atoms with van der Waals surface area (Å²) in [5, 5.41) is 0.670. The molecule has 3 aromatic rings. The van der Waals surface area contributed by atoms with Gasteiger partial charge in [0.2, 0.25) is 0 Å². The molecule has 0 atom stereocenters. The van der Waals surface area contributed by atoms with Crippen LogP contribution in [0.25, 0.3) is 22.2 Å². The highest BCUT2D eigenvalue weighted by molar-refractivity contribution is 5.93. The maximum absolute atomic E-state index is 12.7. The summed E-state index contributed by atoms with van der Waals surface area (Å²) in [7, 11) is 3.10. The number of aromatic nitrogens is 1. The molecule has 1 aromatic heterocycles. The second-order valence-electron chi connectivity index (χ2n) is 6.52. The fourth-order valence-electron chi connectivity index (χ4n) is 3.44. The highest BCUT2D eigenvalue weighted by Gasteiger charge is 2.31. The van der Waals surface area contributed by atoms with Crippen molar-refractivity contribution in [2.45, 2.75) is 25.6 Å². The molecule has 3 rings (SSSR count). The second kappa shape index (κ2) is 8.65. The molecule has 5 nitrogen and oxygen atoms in total. The Hall–Kier alpha value is -2.87. The smallest absolute Gasteiger partial charge is 0.493 e. The zero-order chi connectivity index (χ0) is 21.0. The average Bonchev–Trinajstić information content (AvgIpc) is 3.04. The van der Waals surface area contributed by atoms with Crippen molar-refractivity contribution in [2.24, 2.45) is 5.73 Å². The van der Waals surface area contributed by atoms with Crippen molar-refractivity contribution in [3.63, 3.8) is 0 Å². The number of ether oxygens (including phenoxy) is 3. The number of rotatable bonds is 8. The number of unbranched alkanes of at least 4 members (excludes halogenated alkanes) is 1. The fraction of sp³-hybridized carbons (Fsp3) is 0.333. The van der Waals surface area contributed by atoms with E-state index in [-0.39, 0.29) is 5.75 Å². The van der Waals surface area contributed by atoms with E-state index in [0.29, 0.717) is 35.4 Å². The molecule has 8 heteroatoms. The van der Waals surface area contributed by atoms with Crippen LogP contribution >= 0.6 is 0 Å². The van der Waals surface area contributed by atoms with Gasteiger partial charge in [0.1, 0.15) is 5.75 Å². The zero-order valence-electron chi connectivity index (χ0n) is 16.2. The van der Waals surface area contributed by atoms with Crippen molar-refractivity contribution < 1.29 is 27.4 Å². The van der Waals surface area contributed by atoms with E-state index in [2.05, 4.69) is 9.72 Å². The van der Waals surface area contributed by atoms with Gasteiger partial charge in [-0.2, -0.15) is 0 Å². The molecule has 0 aliphatic carbocycles. The van der Waals surface area contributed by atoms with Crippen LogP contribution in [0.1, 0.15) is 18.4 Å². The molecule has 0 saturated heterocycles. The van der Waals surface area contributed by atoms with Crippen molar-refractivity contribution in [1.29, 1.82) is 0 Å². The summed E-state index contributed by atoms with van der Waals surface area (Å²) in [5.41, 5.74) is 8.75. The van der Waals surface area contributed by atoms with E-state index >= 15 is 0 Å². The number of alkyl halides is 3. The van der Waals surface area contributed by atoms with E-state index in [1.165, 1.54) is 12.1 Å². The molecule has 3 N–H and O–H groups in total. The molecule has 156 valence electrons. The lowest BCUT2D eigenvalue weighted by molar-refractivity contribution is -0.274. The third-order valence-electron chi connectivity index (χ3n) is 4.66. The standard InChI is InChI=1S/C21H23F3N2O3/c1-27-18-8-5-7-15(20(18)28-2)19-14(6-3-4-11-25)16-12-13(29-21(22,23)24)9-10-17(16)26-19/h5,7-10,12,26H,3-4,6,11,25H2,1-2H3. The molecule has 0 aliphatic heterocycles. The van der Waals surface area contributed by atoms with E-state index in [1.807, 2.05) is 12.1 Å². The van der Waals surface area contributed by atoms with Gasteiger partial charge in [-0.1, -0.05) is 6.07 Å². The number of hydrogen-bond donors (Lipinski definition) is 2. The van der Waals surface area contributed by atoms with Gasteiger partial charge in [-0.15, -0.1) is 13.2 Å². The van der Waals surface area contributed by atoms with Crippen LogP contribution in [0.2, 0.25) is 0 Å². The average molecular weight is 408 g/mol. The lowest BCUT2D eigenvalue weighted by Gasteiger charge is -2.13. The normalized spacial score (nSPS) is 11.7. The maximum atomic E-state index is 12.7. The van der Waals surface area contributed by atoms with Gasteiger partial charge in [-0.25, -0.2) is 0 Å². The number of para-hydroxylation sites is 1. The number of halogens is 3. The number of hydrogen-bond acceptors (Lipinski definition) is 4. The van der Waals surface area contributed by atoms with Gasteiger partial charge in [0.15, 0.2) is 11.5 Å². The summed E-state index contributed by atoms with van der Waals surface area (Å²) in [4.78, 5) is 3.32. The Bertz CT molecular complexity index is 983. The molecule has 0 saturated carbocycles. The summed E-state index contributed by atoms with van der Waals surface area (Å²) < 4.78 is 53.0.